The van der Waals surface area contributed by atoms with Gasteiger partial charge in [-0.05, 0) is 36.4 Å². The van der Waals surface area contributed by atoms with Gasteiger partial charge in [-0.1, -0.05) is 23.8 Å². The van der Waals surface area contributed by atoms with Crippen LogP contribution in [0.15, 0.2) is 61.1 Å². The van der Waals surface area contributed by atoms with Crippen LogP contribution in [0.3, 0.4) is 0 Å². The molecule has 28 heavy (non-hydrogen) atoms. The Hall–Kier alpha value is -2.90. The number of nitrogens with zero attached hydrogens (tertiary/aromatic N) is 3. The summed E-state index contributed by atoms with van der Waals surface area (Å²) in [6.07, 6.45) is 7.52. The number of hydrogen-bond acceptors (Lipinski definition) is 4. The van der Waals surface area contributed by atoms with Gasteiger partial charge in [0.2, 0.25) is 0 Å². The van der Waals surface area contributed by atoms with Gasteiger partial charge in [-0.3, -0.25) is 9.59 Å². The quantitative estimate of drug-likeness (QED) is 0.652. The number of carbonyl (C=O) groups excluding carboxylic acids is 2. The molecule has 1 aliphatic rings. The van der Waals surface area contributed by atoms with Crippen molar-refractivity contribution < 1.29 is 9.59 Å². The number of thiophene rings is 1. The van der Waals surface area contributed by atoms with Crippen LogP contribution in [0.25, 0.3) is 5.69 Å². The van der Waals surface area contributed by atoms with E-state index in [4.69, 9.17) is 11.6 Å². The highest BCUT2D eigenvalue weighted by molar-refractivity contribution is 7.17. The van der Waals surface area contributed by atoms with Gasteiger partial charge in [0, 0.05) is 30.5 Å². The first-order chi connectivity index (χ1) is 13.6. The molecule has 0 radical (unpaired) electrons. The van der Waals surface area contributed by atoms with Crippen molar-refractivity contribution in [2.45, 2.75) is 6.54 Å². The third kappa shape index (κ3) is 4.00. The minimum absolute atomic E-state index is 0.0271. The van der Waals surface area contributed by atoms with E-state index in [0.717, 1.165) is 11.4 Å². The molecule has 3 aromatic rings. The summed E-state index contributed by atoms with van der Waals surface area (Å²) < 4.78 is 2.44. The van der Waals surface area contributed by atoms with Crippen LogP contribution >= 0.6 is 22.9 Å². The van der Waals surface area contributed by atoms with Gasteiger partial charge in [-0.2, -0.15) is 0 Å². The average Bonchev–Trinajstić information content (AvgIpc) is 3.47. The lowest BCUT2D eigenvalue weighted by Gasteiger charge is -2.15. The largest absolute Gasteiger partial charge is 0.346 e. The van der Waals surface area contributed by atoms with E-state index < -0.39 is 0 Å². The number of hydrogen-bond donors (Lipinski definition) is 1. The lowest BCUT2D eigenvalue weighted by Crippen LogP contribution is -2.28. The molecule has 6 nitrogen and oxygen atoms in total. The van der Waals surface area contributed by atoms with Crippen LogP contribution < -0.4 is 5.32 Å². The van der Waals surface area contributed by atoms with E-state index in [1.165, 1.54) is 11.3 Å². The Bertz CT molecular complexity index is 1030. The monoisotopic (exact) mass is 412 g/mol. The van der Waals surface area contributed by atoms with E-state index >= 15 is 0 Å². The van der Waals surface area contributed by atoms with E-state index in [9.17, 15) is 9.59 Å². The maximum Gasteiger partial charge on any atom is 0.261 e. The SMILES string of the molecule is O=C(NCc1cn(-c2ccc(C(=O)N3CC=CC3)cc2)cn1)c1ccc(Cl)s1. The zero-order valence-corrected chi connectivity index (χ0v) is 16.4. The third-order valence-corrected chi connectivity index (χ3v) is 5.61. The van der Waals surface area contributed by atoms with Gasteiger partial charge in [-0.25, -0.2) is 4.98 Å². The van der Waals surface area contributed by atoms with E-state index in [1.54, 1.807) is 23.4 Å². The van der Waals surface area contributed by atoms with Gasteiger partial charge < -0.3 is 14.8 Å². The molecule has 0 bridgehead atoms. The van der Waals surface area contributed by atoms with Gasteiger partial charge in [0.25, 0.3) is 11.8 Å². The number of amides is 2. The van der Waals surface area contributed by atoms with Gasteiger partial charge in [0.1, 0.15) is 0 Å². The number of benzene rings is 1. The van der Waals surface area contributed by atoms with Crippen LogP contribution in [0.1, 0.15) is 25.7 Å². The maximum absolute atomic E-state index is 12.4. The van der Waals surface area contributed by atoms with Crippen molar-refractivity contribution >= 4 is 34.8 Å². The van der Waals surface area contributed by atoms with Gasteiger partial charge in [0.15, 0.2) is 0 Å². The minimum atomic E-state index is -0.175. The molecule has 1 aliphatic heterocycles. The summed E-state index contributed by atoms with van der Waals surface area (Å²) in [5.74, 6) is -0.148. The van der Waals surface area contributed by atoms with Gasteiger partial charge in [-0.15, -0.1) is 11.3 Å². The van der Waals surface area contributed by atoms with Crippen molar-refractivity contribution in [3.63, 3.8) is 0 Å². The second-order valence-electron chi connectivity index (χ2n) is 6.29. The Morgan fingerprint density at radius 3 is 2.54 bits per heavy atom. The lowest BCUT2D eigenvalue weighted by atomic mass is 10.2. The molecule has 2 aromatic heterocycles. The molecule has 0 spiro atoms. The highest BCUT2D eigenvalue weighted by Gasteiger charge is 2.16. The molecule has 3 heterocycles. The zero-order valence-electron chi connectivity index (χ0n) is 14.8. The highest BCUT2D eigenvalue weighted by atomic mass is 35.5. The Balaban J connectivity index is 1.38. The summed E-state index contributed by atoms with van der Waals surface area (Å²) in [7, 11) is 0. The molecule has 142 valence electrons. The Labute approximate surface area is 171 Å². The fraction of sp³-hybridized carbons (Fsp3) is 0.150. The van der Waals surface area contributed by atoms with Crippen molar-refractivity contribution in [2.75, 3.05) is 13.1 Å². The molecular weight excluding hydrogens is 396 g/mol. The summed E-state index contributed by atoms with van der Waals surface area (Å²) in [6, 6.07) is 10.8. The predicted molar refractivity (Wildman–Crippen MR) is 109 cm³/mol. The summed E-state index contributed by atoms with van der Waals surface area (Å²) in [5.41, 5.74) is 2.29. The van der Waals surface area contributed by atoms with E-state index in [2.05, 4.69) is 10.3 Å². The molecule has 0 atom stereocenters. The summed E-state index contributed by atoms with van der Waals surface area (Å²) in [4.78, 5) is 31.1. The van der Waals surface area contributed by atoms with Crippen molar-refractivity contribution in [2.24, 2.45) is 0 Å². The summed E-state index contributed by atoms with van der Waals surface area (Å²) in [5, 5.41) is 2.83. The van der Waals surface area contributed by atoms with Crippen molar-refractivity contribution in [3.8, 4) is 5.69 Å². The molecule has 4 rings (SSSR count). The van der Waals surface area contributed by atoms with E-state index in [0.29, 0.717) is 34.4 Å². The number of rotatable bonds is 5. The number of nitrogens with one attached hydrogen (secondary N) is 1. The molecular formula is C20H17ClN4O2S. The second kappa shape index (κ2) is 8.00. The highest BCUT2D eigenvalue weighted by Crippen LogP contribution is 2.21. The van der Waals surface area contributed by atoms with Gasteiger partial charge in [0.05, 0.1) is 27.8 Å². The number of carbonyl (C=O) groups is 2. The van der Waals surface area contributed by atoms with E-state index in [-0.39, 0.29) is 11.8 Å². The normalized spacial score (nSPS) is 13.1. The first kappa shape index (κ1) is 18.5. The fourth-order valence-corrected chi connectivity index (χ4v) is 3.85. The number of aromatic nitrogens is 2. The van der Waals surface area contributed by atoms with Crippen LogP contribution in [0.2, 0.25) is 4.34 Å². The first-order valence-corrected chi connectivity index (χ1v) is 9.91. The summed E-state index contributed by atoms with van der Waals surface area (Å²) in [6.45, 7) is 1.64. The predicted octanol–water partition coefficient (Wildman–Crippen LogP) is 3.53. The molecule has 0 fully saturated rings. The van der Waals surface area contributed by atoms with Crippen molar-refractivity contribution in [1.82, 2.24) is 19.8 Å². The molecule has 1 aromatic carbocycles. The van der Waals surface area contributed by atoms with Crippen LogP contribution in [-0.2, 0) is 6.54 Å². The molecule has 0 saturated carbocycles. The van der Waals surface area contributed by atoms with E-state index in [1.807, 2.05) is 47.2 Å². The Morgan fingerprint density at radius 1 is 1.11 bits per heavy atom. The van der Waals surface area contributed by atoms with Crippen LogP contribution in [-0.4, -0.2) is 39.4 Å². The van der Waals surface area contributed by atoms with Crippen LogP contribution in [0, 0.1) is 0 Å². The lowest BCUT2D eigenvalue weighted by molar-refractivity contribution is 0.0799. The van der Waals surface area contributed by atoms with Gasteiger partial charge >= 0.3 is 0 Å². The zero-order chi connectivity index (χ0) is 19.5. The smallest absolute Gasteiger partial charge is 0.261 e. The molecule has 2 amide bonds. The second-order valence-corrected chi connectivity index (χ2v) is 8.00. The van der Waals surface area contributed by atoms with Crippen LogP contribution in [0.4, 0.5) is 0 Å². The molecule has 0 aliphatic carbocycles. The molecule has 8 heteroatoms. The standard InChI is InChI=1S/C20H17ClN4O2S/c21-18-8-7-17(28-18)19(26)22-11-15-12-25(13-23-15)16-5-3-14(4-6-16)20(27)24-9-1-2-10-24/h1-8,12-13H,9-11H2,(H,22,26). The first-order valence-electron chi connectivity index (χ1n) is 8.71. The summed E-state index contributed by atoms with van der Waals surface area (Å²) >= 11 is 7.09. The van der Waals surface area contributed by atoms with Crippen molar-refractivity contribution in [3.05, 3.63) is 81.5 Å². The molecule has 0 unspecified atom stereocenters. The number of halogens is 1. The average molecular weight is 413 g/mol. The number of imidazole rings is 1. The fourth-order valence-electron chi connectivity index (χ4n) is 2.89. The van der Waals surface area contributed by atoms with Crippen molar-refractivity contribution in [1.29, 1.82) is 0 Å². The third-order valence-electron chi connectivity index (χ3n) is 4.38. The van der Waals surface area contributed by atoms with Crippen LogP contribution in [0.5, 0.6) is 0 Å². The Kier molecular flexibility index (Phi) is 5.27. The molecule has 0 saturated heterocycles. The minimum Gasteiger partial charge on any atom is -0.346 e. The molecule has 1 N–H and O–H groups in total. The topological polar surface area (TPSA) is 67.2 Å². The Morgan fingerprint density at radius 2 is 1.86 bits per heavy atom. The maximum atomic E-state index is 12.4.